The van der Waals surface area contributed by atoms with E-state index in [9.17, 15) is 4.79 Å². The zero-order valence-corrected chi connectivity index (χ0v) is 20.2. The van der Waals surface area contributed by atoms with Gasteiger partial charge in [-0.1, -0.05) is 43.8 Å². The summed E-state index contributed by atoms with van der Waals surface area (Å²) in [6, 6.07) is 8.50. The zero-order valence-electron chi connectivity index (χ0n) is 20.2. The van der Waals surface area contributed by atoms with Crippen molar-refractivity contribution in [3.8, 4) is 11.8 Å². The molecule has 3 rings (SSSR count). The SMILES string of the molecule is CC(C)(C)c1cc(NC(=O)Nc2cccc(C#Cc3cnc(NCCCNCCO)nc3)c2)no1. The van der Waals surface area contributed by atoms with Gasteiger partial charge < -0.3 is 25.6 Å². The molecule has 184 valence electrons. The van der Waals surface area contributed by atoms with Crippen LogP contribution in [-0.4, -0.2) is 52.5 Å². The third-order valence-corrected chi connectivity index (χ3v) is 4.72. The van der Waals surface area contributed by atoms with Gasteiger partial charge in [0.15, 0.2) is 5.82 Å². The Balaban J connectivity index is 1.51. The first-order valence-electron chi connectivity index (χ1n) is 11.4. The second kappa shape index (κ2) is 12.5. The largest absolute Gasteiger partial charge is 0.395 e. The van der Waals surface area contributed by atoms with Gasteiger partial charge in [0, 0.05) is 48.2 Å². The number of urea groups is 1. The van der Waals surface area contributed by atoms with Crippen LogP contribution in [0.4, 0.5) is 22.2 Å². The van der Waals surface area contributed by atoms with Crippen LogP contribution in [0, 0.1) is 11.8 Å². The van der Waals surface area contributed by atoms with Crippen LogP contribution in [0.3, 0.4) is 0 Å². The lowest BCUT2D eigenvalue weighted by atomic mass is 9.93. The van der Waals surface area contributed by atoms with Gasteiger partial charge in [-0.05, 0) is 31.2 Å². The van der Waals surface area contributed by atoms with Crippen LogP contribution in [0.5, 0.6) is 0 Å². The number of amides is 2. The fraction of sp³-hybridized carbons (Fsp3) is 0.360. The molecule has 0 atom stereocenters. The number of nitrogens with one attached hydrogen (secondary N) is 4. The topological polar surface area (TPSA) is 137 Å². The van der Waals surface area contributed by atoms with E-state index in [1.54, 1.807) is 30.6 Å². The number of rotatable bonds is 9. The molecule has 10 heteroatoms. The first-order chi connectivity index (χ1) is 16.8. The average Bonchev–Trinajstić information content (AvgIpc) is 3.30. The molecule has 10 nitrogen and oxygen atoms in total. The molecule has 2 heterocycles. The number of carbonyl (C=O) groups excluding carboxylic acids is 1. The van der Waals surface area contributed by atoms with Gasteiger partial charge in [0.25, 0.3) is 0 Å². The number of hydrogen-bond donors (Lipinski definition) is 5. The van der Waals surface area contributed by atoms with E-state index in [0.717, 1.165) is 25.1 Å². The highest BCUT2D eigenvalue weighted by Crippen LogP contribution is 2.24. The highest BCUT2D eigenvalue weighted by molar-refractivity contribution is 5.99. The summed E-state index contributed by atoms with van der Waals surface area (Å²) in [4.78, 5) is 20.9. The van der Waals surface area contributed by atoms with Gasteiger partial charge in [-0.25, -0.2) is 14.8 Å². The average molecular weight is 478 g/mol. The van der Waals surface area contributed by atoms with E-state index in [1.165, 1.54) is 0 Å². The number of benzene rings is 1. The van der Waals surface area contributed by atoms with Crippen molar-refractivity contribution in [3.63, 3.8) is 0 Å². The lowest BCUT2D eigenvalue weighted by Gasteiger charge is -2.12. The zero-order chi connectivity index (χ0) is 25.1. The van der Waals surface area contributed by atoms with Crippen molar-refractivity contribution in [1.29, 1.82) is 0 Å². The molecule has 0 spiro atoms. The molecule has 0 unspecified atom stereocenters. The van der Waals surface area contributed by atoms with Crippen molar-refractivity contribution in [2.24, 2.45) is 0 Å². The van der Waals surface area contributed by atoms with Crippen molar-refractivity contribution < 1.29 is 14.4 Å². The van der Waals surface area contributed by atoms with Crippen LogP contribution >= 0.6 is 0 Å². The molecule has 0 radical (unpaired) electrons. The minimum atomic E-state index is -0.426. The Morgan fingerprint density at radius 2 is 1.80 bits per heavy atom. The molecule has 2 amide bonds. The fourth-order valence-corrected chi connectivity index (χ4v) is 2.89. The third kappa shape index (κ3) is 8.73. The number of hydrogen-bond acceptors (Lipinski definition) is 8. The van der Waals surface area contributed by atoms with Crippen molar-refractivity contribution in [3.05, 3.63) is 59.6 Å². The minimum Gasteiger partial charge on any atom is -0.395 e. The molecule has 0 aliphatic carbocycles. The fourth-order valence-electron chi connectivity index (χ4n) is 2.89. The lowest BCUT2D eigenvalue weighted by Crippen LogP contribution is -2.21. The molecular weight excluding hydrogens is 446 g/mol. The maximum Gasteiger partial charge on any atom is 0.324 e. The van der Waals surface area contributed by atoms with Crippen LogP contribution in [0.15, 0.2) is 47.2 Å². The first kappa shape index (κ1) is 25.7. The lowest BCUT2D eigenvalue weighted by molar-refractivity contribution is 0.262. The molecule has 0 saturated heterocycles. The molecule has 1 aromatic carbocycles. The van der Waals surface area contributed by atoms with Crippen LogP contribution in [0.1, 0.15) is 44.1 Å². The summed E-state index contributed by atoms with van der Waals surface area (Å²) < 4.78 is 5.28. The molecule has 2 aromatic heterocycles. The highest BCUT2D eigenvalue weighted by Gasteiger charge is 2.20. The van der Waals surface area contributed by atoms with Crippen LogP contribution in [-0.2, 0) is 5.41 Å². The van der Waals surface area contributed by atoms with E-state index in [0.29, 0.717) is 35.3 Å². The van der Waals surface area contributed by atoms with Gasteiger partial charge >= 0.3 is 6.03 Å². The van der Waals surface area contributed by atoms with E-state index >= 15 is 0 Å². The Labute approximate surface area is 204 Å². The molecule has 5 N–H and O–H groups in total. The molecule has 0 aliphatic rings. The number of anilines is 3. The molecule has 0 saturated carbocycles. The molecule has 3 aromatic rings. The number of nitrogens with zero attached hydrogens (tertiary/aromatic N) is 3. The summed E-state index contributed by atoms with van der Waals surface area (Å²) in [7, 11) is 0. The Hall–Kier alpha value is -3.94. The normalized spacial score (nSPS) is 10.9. The quantitative estimate of drug-likeness (QED) is 0.234. The van der Waals surface area contributed by atoms with Gasteiger partial charge in [-0.15, -0.1) is 0 Å². The molecule has 0 fully saturated rings. The van der Waals surface area contributed by atoms with E-state index in [2.05, 4.69) is 48.2 Å². The van der Waals surface area contributed by atoms with Gasteiger partial charge in [-0.3, -0.25) is 5.32 Å². The van der Waals surface area contributed by atoms with Crippen molar-refractivity contribution in [1.82, 2.24) is 20.4 Å². The maximum absolute atomic E-state index is 12.3. The number of aliphatic hydroxyl groups is 1. The van der Waals surface area contributed by atoms with Gasteiger partial charge in [-0.2, -0.15) is 0 Å². The maximum atomic E-state index is 12.3. The Bertz CT molecular complexity index is 1160. The van der Waals surface area contributed by atoms with Crippen LogP contribution in [0.25, 0.3) is 0 Å². The minimum absolute atomic E-state index is 0.136. The Kier molecular flexibility index (Phi) is 9.17. The summed E-state index contributed by atoms with van der Waals surface area (Å²) in [5.74, 6) is 7.66. The smallest absolute Gasteiger partial charge is 0.324 e. The summed E-state index contributed by atoms with van der Waals surface area (Å²) in [6.07, 6.45) is 4.21. The molecule has 0 aliphatic heterocycles. The third-order valence-electron chi connectivity index (χ3n) is 4.72. The molecule has 35 heavy (non-hydrogen) atoms. The van der Waals surface area contributed by atoms with E-state index in [-0.39, 0.29) is 12.0 Å². The summed E-state index contributed by atoms with van der Waals surface area (Å²) in [6.45, 7) is 8.28. The van der Waals surface area contributed by atoms with Crippen molar-refractivity contribution in [2.75, 3.05) is 42.2 Å². The first-order valence-corrected chi connectivity index (χ1v) is 11.4. The van der Waals surface area contributed by atoms with E-state index in [4.69, 9.17) is 9.63 Å². The van der Waals surface area contributed by atoms with Crippen LogP contribution in [0.2, 0.25) is 0 Å². The predicted molar refractivity (Wildman–Crippen MR) is 135 cm³/mol. The standard InChI is InChI=1S/C25H31N7O3/c1-25(2,3)21-15-22(32-35-21)31-24(34)30-20-7-4-6-18(14-20)8-9-19-16-28-23(29-17-19)27-11-5-10-26-12-13-33/h4,6-7,14-17,26,33H,5,10-13H2,1-3H3,(H,27,28,29)(H2,30,31,32,34). The Morgan fingerprint density at radius 1 is 1.03 bits per heavy atom. The summed E-state index contributed by atoms with van der Waals surface area (Å²) >= 11 is 0. The highest BCUT2D eigenvalue weighted by atomic mass is 16.5. The number of carbonyl (C=O) groups is 1. The van der Waals surface area contributed by atoms with Gasteiger partial charge in [0.1, 0.15) is 5.76 Å². The number of aliphatic hydroxyl groups excluding tert-OH is 1. The second-order valence-electron chi connectivity index (χ2n) is 8.79. The number of aromatic nitrogens is 3. The summed E-state index contributed by atoms with van der Waals surface area (Å²) in [5, 5.41) is 24.3. The van der Waals surface area contributed by atoms with E-state index in [1.807, 2.05) is 32.9 Å². The van der Waals surface area contributed by atoms with Crippen LogP contribution < -0.4 is 21.3 Å². The molecular formula is C25H31N7O3. The second-order valence-corrected chi connectivity index (χ2v) is 8.79. The predicted octanol–water partition coefficient (Wildman–Crippen LogP) is 3.19. The van der Waals surface area contributed by atoms with Crippen molar-refractivity contribution in [2.45, 2.75) is 32.6 Å². The monoisotopic (exact) mass is 477 g/mol. The Morgan fingerprint density at radius 3 is 2.51 bits per heavy atom. The van der Waals surface area contributed by atoms with Crippen molar-refractivity contribution >= 4 is 23.5 Å². The van der Waals surface area contributed by atoms with Gasteiger partial charge in [0.05, 0.1) is 12.2 Å². The van der Waals surface area contributed by atoms with E-state index < -0.39 is 6.03 Å². The summed E-state index contributed by atoms with van der Waals surface area (Å²) in [5.41, 5.74) is 1.81. The van der Waals surface area contributed by atoms with Gasteiger partial charge in [0.2, 0.25) is 5.95 Å². The molecule has 0 bridgehead atoms.